The molecule has 0 saturated heterocycles. The van der Waals surface area contributed by atoms with Gasteiger partial charge in [-0.25, -0.2) is 0 Å². The Labute approximate surface area is 343 Å². The third-order valence-electron chi connectivity index (χ3n) is 10.7. The summed E-state index contributed by atoms with van der Waals surface area (Å²) in [6, 6.07) is 66.4. The number of hydrogen-bond donors (Lipinski definition) is 0. The van der Waals surface area contributed by atoms with Crippen LogP contribution in [0.4, 0.5) is 11.5 Å². The molecule has 5 nitrogen and oxygen atoms in total. The number of benzene rings is 7. The van der Waals surface area contributed by atoms with E-state index >= 15 is 0 Å². The first-order valence-corrected chi connectivity index (χ1v) is 20.5. The molecule has 1 aliphatic heterocycles. The third-order valence-corrected chi connectivity index (χ3v) is 11.8. The van der Waals surface area contributed by atoms with E-state index in [0.717, 1.165) is 79.7 Å². The van der Waals surface area contributed by atoms with Crippen molar-refractivity contribution in [2.45, 2.75) is 12.8 Å². The number of aryl methyl sites for hydroxylation is 1. The van der Waals surface area contributed by atoms with Gasteiger partial charge >= 0.3 is 327 Å². The van der Waals surface area contributed by atoms with Gasteiger partial charge in [-0.15, -0.1) is 0 Å². The van der Waals surface area contributed by atoms with Gasteiger partial charge in [-0.2, -0.15) is 0 Å². The van der Waals surface area contributed by atoms with Gasteiger partial charge in [0.1, 0.15) is 0 Å². The van der Waals surface area contributed by atoms with Gasteiger partial charge in [0.25, 0.3) is 0 Å². The molecule has 1 aliphatic rings. The molecule has 278 valence electrons. The van der Waals surface area contributed by atoms with Crippen LogP contribution in [0.3, 0.4) is 0 Å². The van der Waals surface area contributed by atoms with Crippen LogP contribution in [-0.2, 0) is 25.8 Å². The Morgan fingerprint density at radius 3 is 1.77 bits per heavy atom. The zero-order chi connectivity index (χ0) is 38.1. The number of aromatic nitrogens is 3. The molecule has 3 heterocycles. The van der Waals surface area contributed by atoms with E-state index in [-0.39, 0.29) is 0 Å². The second-order valence-corrected chi connectivity index (χ2v) is 15.2. The van der Waals surface area contributed by atoms with Gasteiger partial charge in [0.2, 0.25) is 0 Å². The fourth-order valence-electron chi connectivity index (χ4n) is 8.16. The molecule has 0 unspecified atom stereocenters. The van der Waals surface area contributed by atoms with Crippen LogP contribution in [0.5, 0.6) is 11.5 Å². The molecule has 0 bridgehead atoms. The normalized spacial score (nSPS) is 12.4. The van der Waals surface area contributed by atoms with Crippen LogP contribution in [0.2, 0.25) is 0 Å². The van der Waals surface area contributed by atoms with Crippen LogP contribution < -0.4 is 9.64 Å². The number of para-hydroxylation sites is 3. The molecule has 0 saturated carbocycles. The van der Waals surface area contributed by atoms with Gasteiger partial charge in [0, 0.05) is 6.20 Å². The van der Waals surface area contributed by atoms with Crippen LogP contribution >= 0.6 is 0 Å². The van der Waals surface area contributed by atoms with E-state index in [2.05, 4.69) is 215 Å². The van der Waals surface area contributed by atoms with Gasteiger partial charge in [-0.05, 0) is 6.07 Å². The van der Waals surface area contributed by atoms with Crippen molar-refractivity contribution < 1.29 is 24.1 Å². The van der Waals surface area contributed by atoms with Crippen LogP contribution in [-0.4, -0.2) is 20.7 Å². The van der Waals surface area contributed by atoms with E-state index in [9.17, 15) is 0 Å². The number of anilines is 2. The summed E-state index contributed by atoms with van der Waals surface area (Å²) in [5, 5.41) is 0. The van der Waals surface area contributed by atoms with Gasteiger partial charge in [-0.1, -0.05) is 6.07 Å². The topological polar surface area (TPSA) is 35.2 Å². The maximum absolute atomic E-state index is 7.00. The first kappa shape index (κ1) is 34.9. The Morgan fingerprint density at radius 1 is 0.526 bits per heavy atom. The molecule has 6 heteroatoms. The van der Waals surface area contributed by atoms with Crippen LogP contribution in [0.25, 0.3) is 55.8 Å². The second-order valence-electron chi connectivity index (χ2n) is 14.2. The number of hydrogen-bond acceptors (Lipinski definition) is 3. The summed E-state index contributed by atoms with van der Waals surface area (Å²) in [6.07, 6.45) is 3.93. The number of rotatable bonds is 8. The molecule has 0 radical (unpaired) electrons. The van der Waals surface area contributed by atoms with Crippen LogP contribution in [0.1, 0.15) is 12.0 Å². The van der Waals surface area contributed by atoms with Crippen molar-refractivity contribution in [1.82, 2.24) is 14.1 Å². The predicted octanol–water partition coefficient (Wildman–Crippen LogP) is 12.8. The molecule has 0 amide bonds. The number of ether oxygens (including phenoxy) is 1. The fourth-order valence-corrected chi connectivity index (χ4v) is 9.26. The number of imidazole rings is 1. The van der Waals surface area contributed by atoms with Gasteiger partial charge in [0.05, 0.1) is 0 Å². The molecule has 2 aromatic heterocycles. The zero-order valence-corrected chi connectivity index (χ0v) is 33.4. The van der Waals surface area contributed by atoms with Crippen molar-refractivity contribution in [2.24, 2.45) is 0 Å². The van der Waals surface area contributed by atoms with E-state index < -0.39 is 0 Å². The van der Waals surface area contributed by atoms with E-state index in [1.54, 1.807) is 0 Å². The predicted molar refractivity (Wildman–Crippen MR) is 228 cm³/mol. The summed E-state index contributed by atoms with van der Waals surface area (Å²) < 4.78 is 12.8. The first-order valence-electron chi connectivity index (χ1n) is 19.3. The Kier molecular flexibility index (Phi) is 9.29. The Hall–Kier alpha value is -6.55. The zero-order valence-electron chi connectivity index (χ0n) is 31.1. The minimum atomic E-state index is 0.764. The Bertz CT molecular complexity index is 2870. The summed E-state index contributed by atoms with van der Waals surface area (Å²) in [5.74, 6) is 2.52. The van der Waals surface area contributed by atoms with Gasteiger partial charge < -0.3 is 0 Å². The summed E-state index contributed by atoms with van der Waals surface area (Å²) in [6.45, 7) is 0.905. The standard InChI is InChI=1S/C51H38N4O.Pt/c1-4-17-37(18-5-1)43-26-15-27-44(38-19-6-2-7-20-38)51(43)55-36-54(46-28-10-11-29-47(46)55)41-24-14-25-42(34-41)56-49-35-48-40(33-45(49)39-21-8-3-9-22-39)23-16-32-53(48)50-30-12-13-31-52-50;/h1-15,17-22,24-31,33-35H,16,23,32H2;. The average Bonchev–Trinajstić information content (AvgIpc) is 3.58. The Morgan fingerprint density at radius 2 is 1.12 bits per heavy atom. The average molecular weight is 918 g/mol. The number of nitrogens with zero attached hydrogens (tertiary/aromatic N) is 4. The molecule has 57 heavy (non-hydrogen) atoms. The van der Waals surface area contributed by atoms with Crippen molar-refractivity contribution in [1.29, 1.82) is 0 Å². The molecule has 9 aromatic rings. The van der Waals surface area contributed by atoms with E-state index in [4.69, 9.17) is 9.72 Å². The van der Waals surface area contributed by atoms with Gasteiger partial charge in [-0.3, -0.25) is 0 Å². The number of fused-ring (bicyclic) bond motifs is 2. The molecule has 0 atom stereocenters. The quantitative estimate of drug-likeness (QED) is 0.152. The molecular weight excluding hydrogens is 880 g/mol. The van der Waals surface area contributed by atoms with Crippen molar-refractivity contribution in [3.63, 3.8) is 0 Å². The van der Waals surface area contributed by atoms with Crippen molar-refractivity contribution in [3.05, 3.63) is 204 Å². The van der Waals surface area contributed by atoms with Crippen LogP contribution in [0, 0.1) is 3.80 Å². The number of pyridine rings is 1. The molecule has 10 rings (SSSR count). The molecule has 0 spiro atoms. The van der Waals surface area contributed by atoms with Crippen molar-refractivity contribution >= 4 is 22.5 Å². The first-order chi connectivity index (χ1) is 28.2. The summed E-state index contributed by atoms with van der Waals surface area (Å²) in [5.41, 5.74) is 13.7. The summed E-state index contributed by atoms with van der Waals surface area (Å²) in [4.78, 5) is 7.04. The maximum atomic E-state index is 7.00. The van der Waals surface area contributed by atoms with E-state index in [1.165, 1.54) is 27.8 Å². The minimum absolute atomic E-state index is 0.764. The SMILES string of the molecule is [Pt]=[c]1n(-c2cccc(Oc3cc4c(cc3-c3ccccc3)CCCN4c3ccccn3)c2)c2ccccc2n1-c1c(-c2ccccc2)cccc1-c1ccccc1. The van der Waals surface area contributed by atoms with E-state index in [0.29, 0.717) is 0 Å². The molecule has 7 aromatic carbocycles. The molecule has 0 fully saturated rings. The molecular formula is C51H38N4OPt. The van der Waals surface area contributed by atoms with Crippen molar-refractivity contribution in [2.75, 3.05) is 11.4 Å². The second kappa shape index (κ2) is 15.2. The van der Waals surface area contributed by atoms with E-state index in [1.807, 2.05) is 12.3 Å². The van der Waals surface area contributed by atoms with Crippen molar-refractivity contribution in [3.8, 4) is 56.3 Å². The summed E-state index contributed by atoms with van der Waals surface area (Å²) in [7, 11) is 0. The molecule has 0 N–H and O–H groups in total. The monoisotopic (exact) mass is 917 g/mol. The Balaban J connectivity index is 1.13. The van der Waals surface area contributed by atoms with Crippen LogP contribution in [0.15, 0.2) is 194 Å². The fraction of sp³-hybridized carbons (Fsp3) is 0.0588. The molecule has 0 aliphatic carbocycles. The summed E-state index contributed by atoms with van der Waals surface area (Å²) >= 11 is 2.50. The van der Waals surface area contributed by atoms with Gasteiger partial charge in [0.15, 0.2) is 0 Å². The third kappa shape index (κ3) is 6.54.